The molecule has 2 aromatic heterocycles. The number of benzene rings is 1. The zero-order valence-corrected chi connectivity index (χ0v) is 11.4. The van der Waals surface area contributed by atoms with Crippen LogP contribution in [0.1, 0.15) is 16.1 Å². The first-order chi connectivity index (χ1) is 10.1. The molecule has 0 saturated carbocycles. The maximum atomic E-state index is 11.7. The van der Waals surface area contributed by atoms with E-state index in [4.69, 9.17) is 16.0 Å². The molecular weight excluding hydrogens is 296 g/mol. The predicted molar refractivity (Wildman–Crippen MR) is 75.8 cm³/mol. The van der Waals surface area contributed by atoms with Gasteiger partial charge in [0.1, 0.15) is 16.9 Å². The third kappa shape index (κ3) is 2.41. The molecule has 0 bridgehead atoms. The molecule has 6 nitrogen and oxygen atoms in total. The second-order valence-corrected chi connectivity index (χ2v) is 4.82. The molecule has 106 valence electrons. The lowest BCUT2D eigenvalue weighted by molar-refractivity contribution is 0.0696. The summed E-state index contributed by atoms with van der Waals surface area (Å²) in [5.41, 5.74) is -0.0402. The summed E-state index contributed by atoms with van der Waals surface area (Å²) in [4.78, 5) is 26.7. The summed E-state index contributed by atoms with van der Waals surface area (Å²) in [6, 6.07) is 6.80. The number of hydrogen-bond acceptors (Lipinski definition) is 4. The lowest BCUT2D eigenvalue weighted by atomic mass is 10.1. The van der Waals surface area contributed by atoms with Crippen molar-refractivity contribution in [3.05, 3.63) is 63.5 Å². The maximum absolute atomic E-state index is 11.7. The van der Waals surface area contributed by atoms with Gasteiger partial charge in [-0.1, -0.05) is 29.8 Å². The molecule has 2 heterocycles. The van der Waals surface area contributed by atoms with Gasteiger partial charge in [-0.15, -0.1) is 0 Å². The smallest absolute Gasteiger partial charge is 0.348 e. The van der Waals surface area contributed by atoms with E-state index in [1.54, 1.807) is 24.3 Å². The SMILES string of the molecule is O=C(O)c1c(Cn2cc(Cl)cnc2=O)oc2ccccc12. The van der Waals surface area contributed by atoms with Crippen molar-refractivity contribution in [2.45, 2.75) is 6.54 Å². The number of carboxylic acid groups (broad SMARTS) is 1. The van der Waals surface area contributed by atoms with Crippen LogP contribution in [0.15, 0.2) is 45.9 Å². The molecule has 0 atom stereocenters. The van der Waals surface area contributed by atoms with Crippen LogP contribution in [-0.4, -0.2) is 20.6 Å². The summed E-state index contributed by atoms with van der Waals surface area (Å²) < 4.78 is 6.75. The van der Waals surface area contributed by atoms with Gasteiger partial charge in [-0.05, 0) is 6.07 Å². The fourth-order valence-electron chi connectivity index (χ4n) is 2.14. The molecule has 1 aromatic carbocycles. The molecule has 7 heteroatoms. The van der Waals surface area contributed by atoms with Gasteiger partial charge in [0.2, 0.25) is 0 Å². The van der Waals surface area contributed by atoms with E-state index in [0.717, 1.165) is 0 Å². The monoisotopic (exact) mass is 304 g/mol. The summed E-state index contributed by atoms with van der Waals surface area (Å²) in [5, 5.41) is 10.1. The van der Waals surface area contributed by atoms with Gasteiger partial charge in [0.25, 0.3) is 0 Å². The summed E-state index contributed by atoms with van der Waals surface area (Å²) in [6.07, 6.45) is 2.62. The van der Waals surface area contributed by atoms with E-state index < -0.39 is 11.7 Å². The minimum absolute atomic E-state index is 0.0393. The van der Waals surface area contributed by atoms with Gasteiger partial charge >= 0.3 is 11.7 Å². The number of nitrogens with zero attached hydrogens (tertiary/aromatic N) is 2. The van der Waals surface area contributed by atoms with E-state index in [-0.39, 0.29) is 22.9 Å². The van der Waals surface area contributed by atoms with E-state index in [0.29, 0.717) is 11.0 Å². The van der Waals surface area contributed by atoms with Crippen molar-refractivity contribution in [2.75, 3.05) is 0 Å². The molecule has 1 N–H and O–H groups in total. The van der Waals surface area contributed by atoms with Crippen LogP contribution in [0, 0.1) is 0 Å². The molecule has 0 aliphatic heterocycles. The number of carboxylic acids is 1. The number of aromatic carboxylic acids is 1. The maximum Gasteiger partial charge on any atom is 0.348 e. The summed E-state index contributed by atoms with van der Waals surface area (Å²) in [7, 11) is 0. The number of carbonyl (C=O) groups is 1. The molecule has 21 heavy (non-hydrogen) atoms. The summed E-state index contributed by atoms with van der Waals surface area (Å²) in [6.45, 7) is -0.0529. The fraction of sp³-hybridized carbons (Fsp3) is 0.0714. The number of para-hydroxylation sites is 1. The molecule has 0 radical (unpaired) electrons. The van der Waals surface area contributed by atoms with Crippen LogP contribution in [0.4, 0.5) is 0 Å². The van der Waals surface area contributed by atoms with E-state index in [1.165, 1.54) is 17.0 Å². The summed E-state index contributed by atoms with van der Waals surface area (Å²) >= 11 is 5.79. The first-order valence-corrected chi connectivity index (χ1v) is 6.40. The molecule has 0 aliphatic carbocycles. The minimum atomic E-state index is -1.11. The Labute approximate surface area is 123 Å². The van der Waals surface area contributed by atoms with Gasteiger partial charge in [-0.2, -0.15) is 0 Å². The first kappa shape index (κ1) is 13.4. The van der Waals surface area contributed by atoms with Gasteiger partial charge in [0, 0.05) is 11.6 Å². The Balaban J connectivity index is 2.16. The zero-order chi connectivity index (χ0) is 15.0. The number of furan rings is 1. The van der Waals surface area contributed by atoms with Crippen molar-refractivity contribution in [2.24, 2.45) is 0 Å². The molecule has 3 rings (SSSR count). The third-order valence-electron chi connectivity index (χ3n) is 3.02. The van der Waals surface area contributed by atoms with Gasteiger partial charge in [0.05, 0.1) is 17.8 Å². The van der Waals surface area contributed by atoms with Gasteiger partial charge in [-0.25, -0.2) is 14.6 Å². The Bertz CT molecular complexity index is 897. The van der Waals surface area contributed by atoms with E-state index in [1.807, 2.05) is 0 Å². The van der Waals surface area contributed by atoms with E-state index in [2.05, 4.69) is 4.98 Å². The zero-order valence-electron chi connectivity index (χ0n) is 10.6. The Morgan fingerprint density at radius 3 is 2.90 bits per heavy atom. The van der Waals surface area contributed by atoms with Gasteiger partial charge < -0.3 is 9.52 Å². The molecule has 0 unspecified atom stereocenters. The summed E-state index contributed by atoms with van der Waals surface area (Å²) in [5.74, 6) is -0.937. The van der Waals surface area contributed by atoms with Crippen LogP contribution >= 0.6 is 11.6 Å². The Morgan fingerprint density at radius 1 is 1.38 bits per heavy atom. The van der Waals surface area contributed by atoms with Crippen LogP contribution in [0.2, 0.25) is 5.02 Å². The topological polar surface area (TPSA) is 85.3 Å². The molecular formula is C14H9ClN2O4. The highest BCUT2D eigenvalue weighted by atomic mass is 35.5. The molecule has 0 aliphatic rings. The quantitative estimate of drug-likeness (QED) is 0.803. The average molecular weight is 305 g/mol. The standard InChI is InChI=1S/C14H9ClN2O4/c15-8-5-16-14(20)17(6-8)7-11-12(13(18)19)9-3-1-2-4-10(9)21-11/h1-6H,7H2,(H,18,19). The number of rotatable bonds is 3. The van der Waals surface area contributed by atoms with Crippen LogP contribution < -0.4 is 5.69 Å². The number of hydrogen-bond donors (Lipinski definition) is 1. The molecule has 0 amide bonds. The molecule has 0 spiro atoms. The number of aromatic nitrogens is 2. The van der Waals surface area contributed by atoms with Gasteiger partial charge in [-0.3, -0.25) is 4.57 Å². The molecule has 0 fully saturated rings. The van der Waals surface area contributed by atoms with Crippen molar-refractivity contribution in [1.82, 2.24) is 9.55 Å². The van der Waals surface area contributed by atoms with Crippen molar-refractivity contribution >= 4 is 28.5 Å². The van der Waals surface area contributed by atoms with Crippen molar-refractivity contribution in [1.29, 1.82) is 0 Å². The number of fused-ring (bicyclic) bond motifs is 1. The highest BCUT2D eigenvalue weighted by Gasteiger charge is 2.20. The highest BCUT2D eigenvalue weighted by molar-refractivity contribution is 6.30. The first-order valence-electron chi connectivity index (χ1n) is 6.02. The largest absolute Gasteiger partial charge is 0.478 e. The Morgan fingerprint density at radius 2 is 2.14 bits per heavy atom. The Hall–Kier alpha value is -2.60. The molecule has 0 saturated heterocycles. The lowest BCUT2D eigenvalue weighted by Crippen LogP contribution is -2.22. The van der Waals surface area contributed by atoms with Gasteiger partial charge in [0.15, 0.2) is 0 Å². The van der Waals surface area contributed by atoms with Crippen molar-refractivity contribution in [3.8, 4) is 0 Å². The van der Waals surface area contributed by atoms with Crippen LogP contribution in [0.5, 0.6) is 0 Å². The van der Waals surface area contributed by atoms with Crippen molar-refractivity contribution < 1.29 is 14.3 Å². The number of halogens is 1. The second-order valence-electron chi connectivity index (χ2n) is 4.38. The molecule has 3 aromatic rings. The van der Waals surface area contributed by atoms with Crippen LogP contribution in [-0.2, 0) is 6.54 Å². The van der Waals surface area contributed by atoms with E-state index in [9.17, 15) is 14.7 Å². The third-order valence-corrected chi connectivity index (χ3v) is 3.21. The average Bonchev–Trinajstić information content (AvgIpc) is 2.80. The lowest BCUT2D eigenvalue weighted by Gasteiger charge is -2.03. The minimum Gasteiger partial charge on any atom is -0.478 e. The van der Waals surface area contributed by atoms with Crippen molar-refractivity contribution in [3.63, 3.8) is 0 Å². The highest BCUT2D eigenvalue weighted by Crippen LogP contribution is 2.26. The normalized spacial score (nSPS) is 10.9. The van der Waals surface area contributed by atoms with Crippen LogP contribution in [0.25, 0.3) is 11.0 Å². The predicted octanol–water partition coefficient (Wildman–Crippen LogP) is 2.39. The fourth-order valence-corrected chi connectivity index (χ4v) is 2.30. The van der Waals surface area contributed by atoms with Crippen LogP contribution in [0.3, 0.4) is 0 Å². The Kier molecular flexibility index (Phi) is 3.23. The van der Waals surface area contributed by atoms with E-state index >= 15 is 0 Å². The second kappa shape index (κ2) is 5.06.